The highest BCUT2D eigenvalue weighted by Crippen LogP contribution is 2.18. The highest BCUT2D eigenvalue weighted by atomic mass is 16.5. The van der Waals surface area contributed by atoms with Crippen LogP contribution in [-0.4, -0.2) is 23.0 Å². The lowest BCUT2D eigenvalue weighted by atomic mass is 10.1. The molecule has 0 unspecified atom stereocenters. The molecule has 0 bridgehead atoms. The minimum Gasteiger partial charge on any atom is -0.497 e. The molecule has 3 rings (SSSR count). The van der Waals surface area contributed by atoms with Gasteiger partial charge in [-0.25, -0.2) is 9.97 Å². The molecule has 6 heteroatoms. The van der Waals surface area contributed by atoms with Gasteiger partial charge in [0.05, 0.1) is 12.7 Å². The fourth-order valence-electron chi connectivity index (χ4n) is 2.56. The van der Waals surface area contributed by atoms with Gasteiger partial charge in [-0.15, -0.1) is 0 Å². The third kappa shape index (κ3) is 4.36. The van der Waals surface area contributed by atoms with Crippen LogP contribution in [0.3, 0.4) is 0 Å². The Balaban J connectivity index is 1.67. The van der Waals surface area contributed by atoms with E-state index in [1.807, 2.05) is 26.0 Å². The Morgan fingerprint density at radius 2 is 1.54 bits per heavy atom. The molecule has 2 N–H and O–H groups in total. The van der Waals surface area contributed by atoms with E-state index in [4.69, 9.17) is 4.74 Å². The number of amides is 1. The topological polar surface area (TPSA) is 76.1 Å². The van der Waals surface area contributed by atoms with Crippen LogP contribution in [0, 0.1) is 13.8 Å². The molecule has 1 heterocycles. The van der Waals surface area contributed by atoms with Crippen LogP contribution < -0.4 is 15.4 Å². The summed E-state index contributed by atoms with van der Waals surface area (Å²) in [6.07, 6.45) is 2.99. The van der Waals surface area contributed by atoms with Gasteiger partial charge >= 0.3 is 0 Å². The Labute approximate surface area is 152 Å². The molecule has 0 fully saturated rings. The van der Waals surface area contributed by atoms with E-state index in [2.05, 4.69) is 26.7 Å². The van der Waals surface area contributed by atoms with Crippen molar-refractivity contribution >= 4 is 23.2 Å². The molecule has 0 aliphatic rings. The summed E-state index contributed by atoms with van der Waals surface area (Å²) in [4.78, 5) is 20.7. The van der Waals surface area contributed by atoms with Crippen molar-refractivity contribution in [2.75, 3.05) is 17.7 Å². The first-order chi connectivity index (χ1) is 12.5. The molecular formula is C20H20N4O2. The largest absolute Gasteiger partial charge is 0.497 e. The summed E-state index contributed by atoms with van der Waals surface area (Å²) in [5.41, 5.74) is 4.28. The van der Waals surface area contributed by atoms with Crippen LogP contribution in [0.1, 0.15) is 21.5 Å². The normalized spacial score (nSPS) is 10.3. The predicted molar refractivity (Wildman–Crippen MR) is 102 cm³/mol. The summed E-state index contributed by atoms with van der Waals surface area (Å²) in [6.45, 7) is 4.07. The molecule has 0 atom stereocenters. The van der Waals surface area contributed by atoms with Crippen LogP contribution in [0.5, 0.6) is 5.75 Å². The Morgan fingerprint density at radius 1 is 0.923 bits per heavy atom. The van der Waals surface area contributed by atoms with Gasteiger partial charge in [0.1, 0.15) is 5.75 Å². The van der Waals surface area contributed by atoms with E-state index in [0.29, 0.717) is 17.2 Å². The number of methoxy groups -OCH3 is 1. The van der Waals surface area contributed by atoms with Crippen molar-refractivity contribution < 1.29 is 9.53 Å². The van der Waals surface area contributed by atoms with E-state index in [-0.39, 0.29) is 5.91 Å². The minimum atomic E-state index is -0.270. The smallest absolute Gasteiger partial charge is 0.258 e. The van der Waals surface area contributed by atoms with Gasteiger partial charge in [0, 0.05) is 23.8 Å². The first kappa shape index (κ1) is 17.4. The predicted octanol–water partition coefficient (Wildman–Crippen LogP) is 4.10. The zero-order valence-electron chi connectivity index (χ0n) is 14.9. The number of hydrogen-bond donors (Lipinski definition) is 2. The van der Waals surface area contributed by atoms with Crippen molar-refractivity contribution in [1.29, 1.82) is 0 Å². The van der Waals surface area contributed by atoms with Crippen molar-refractivity contribution in [2.24, 2.45) is 0 Å². The molecule has 0 saturated heterocycles. The van der Waals surface area contributed by atoms with Gasteiger partial charge in [-0.05, 0) is 61.4 Å². The second-order valence-corrected chi connectivity index (χ2v) is 5.98. The zero-order chi connectivity index (χ0) is 18.5. The Morgan fingerprint density at radius 3 is 2.12 bits per heavy atom. The minimum absolute atomic E-state index is 0.270. The SMILES string of the molecule is COc1ccc(NC(=O)c2cnc(Nc3cc(C)cc(C)c3)nc2)cc1. The van der Waals surface area contributed by atoms with Crippen LogP contribution in [-0.2, 0) is 0 Å². The maximum atomic E-state index is 12.3. The molecule has 3 aromatic rings. The molecule has 0 aliphatic heterocycles. The number of nitrogens with one attached hydrogen (secondary N) is 2. The maximum absolute atomic E-state index is 12.3. The van der Waals surface area contributed by atoms with Gasteiger partial charge in [0.25, 0.3) is 5.91 Å². The van der Waals surface area contributed by atoms with Crippen LogP contribution in [0.25, 0.3) is 0 Å². The molecule has 1 aromatic heterocycles. The highest BCUT2D eigenvalue weighted by Gasteiger charge is 2.08. The van der Waals surface area contributed by atoms with Crippen LogP contribution in [0.2, 0.25) is 0 Å². The molecule has 6 nitrogen and oxygen atoms in total. The van der Waals surface area contributed by atoms with Gasteiger partial charge < -0.3 is 15.4 Å². The van der Waals surface area contributed by atoms with Crippen molar-refractivity contribution in [3.63, 3.8) is 0 Å². The fraction of sp³-hybridized carbons (Fsp3) is 0.150. The van der Waals surface area contributed by atoms with Gasteiger partial charge in [-0.3, -0.25) is 4.79 Å². The zero-order valence-corrected chi connectivity index (χ0v) is 14.9. The van der Waals surface area contributed by atoms with Gasteiger partial charge in [0.15, 0.2) is 0 Å². The number of ether oxygens (including phenoxy) is 1. The number of aromatic nitrogens is 2. The number of anilines is 3. The maximum Gasteiger partial charge on any atom is 0.258 e. The lowest BCUT2D eigenvalue weighted by Gasteiger charge is -2.08. The second-order valence-electron chi connectivity index (χ2n) is 5.98. The molecular weight excluding hydrogens is 328 g/mol. The summed E-state index contributed by atoms with van der Waals surface area (Å²) in [6, 6.07) is 13.2. The molecule has 2 aromatic carbocycles. The molecule has 0 aliphatic carbocycles. The molecule has 26 heavy (non-hydrogen) atoms. The highest BCUT2D eigenvalue weighted by molar-refractivity contribution is 6.03. The fourth-order valence-corrected chi connectivity index (χ4v) is 2.56. The summed E-state index contributed by atoms with van der Waals surface area (Å²) in [5.74, 6) is 0.900. The van der Waals surface area contributed by atoms with Crippen LogP contribution in [0.4, 0.5) is 17.3 Å². The summed E-state index contributed by atoms with van der Waals surface area (Å²) >= 11 is 0. The first-order valence-electron chi connectivity index (χ1n) is 8.16. The van der Waals surface area contributed by atoms with Gasteiger partial charge in [0.2, 0.25) is 5.95 Å². The Hall–Kier alpha value is -3.41. The van der Waals surface area contributed by atoms with Gasteiger partial charge in [-0.1, -0.05) is 6.07 Å². The lowest BCUT2D eigenvalue weighted by Crippen LogP contribution is -2.13. The van der Waals surface area contributed by atoms with Crippen molar-refractivity contribution in [3.8, 4) is 5.75 Å². The number of carbonyl (C=O) groups is 1. The number of hydrogen-bond acceptors (Lipinski definition) is 5. The monoisotopic (exact) mass is 348 g/mol. The Bertz CT molecular complexity index is 886. The Kier molecular flexibility index (Phi) is 5.12. The van der Waals surface area contributed by atoms with E-state index in [0.717, 1.165) is 22.6 Å². The number of benzene rings is 2. The molecule has 0 radical (unpaired) electrons. The average molecular weight is 348 g/mol. The van der Waals surface area contributed by atoms with Gasteiger partial charge in [-0.2, -0.15) is 0 Å². The quantitative estimate of drug-likeness (QED) is 0.726. The van der Waals surface area contributed by atoms with Crippen molar-refractivity contribution in [2.45, 2.75) is 13.8 Å². The average Bonchev–Trinajstić information content (AvgIpc) is 2.62. The number of nitrogens with zero attached hydrogens (tertiary/aromatic N) is 2. The molecule has 132 valence electrons. The summed E-state index contributed by atoms with van der Waals surface area (Å²) in [5, 5.41) is 5.94. The molecule has 0 spiro atoms. The van der Waals surface area contributed by atoms with Crippen LogP contribution >= 0.6 is 0 Å². The number of aryl methyl sites for hydroxylation is 2. The van der Waals surface area contributed by atoms with E-state index in [9.17, 15) is 4.79 Å². The third-order valence-electron chi connectivity index (χ3n) is 3.74. The second kappa shape index (κ2) is 7.65. The summed E-state index contributed by atoms with van der Waals surface area (Å²) < 4.78 is 5.10. The van der Waals surface area contributed by atoms with E-state index < -0.39 is 0 Å². The lowest BCUT2D eigenvalue weighted by molar-refractivity contribution is 0.102. The first-order valence-corrected chi connectivity index (χ1v) is 8.16. The number of rotatable bonds is 5. The molecule has 0 saturated carbocycles. The summed E-state index contributed by atoms with van der Waals surface area (Å²) in [7, 11) is 1.60. The third-order valence-corrected chi connectivity index (χ3v) is 3.74. The standard InChI is InChI=1S/C20H20N4O2/c1-13-8-14(2)10-17(9-13)24-20-21-11-15(12-22-20)19(25)23-16-4-6-18(26-3)7-5-16/h4-12H,1-3H3,(H,23,25)(H,21,22,24). The van der Waals surface area contributed by atoms with Crippen molar-refractivity contribution in [3.05, 3.63) is 71.5 Å². The van der Waals surface area contributed by atoms with E-state index in [1.165, 1.54) is 12.4 Å². The van der Waals surface area contributed by atoms with E-state index >= 15 is 0 Å². The molecule has 1 amide bonds. The van der Waals surface area contributed by atoms with Crippen molar-refractivity contribution in [1.82, 2.24) is 9.97 Å². The van der Waals surface area contributed by atoms with Crippen LogP contribution in [0.15, 0.2) is 54.9 Å². The number of carbonyl (C=O) groups excluding carboxylic acids is 1. The van der Waals surface area contributed by atoms with E-state index in [1.54, 1.807) is 31.4 Å².